The molecule has 0 saturated carbocycles. The van der Waals surface area contributed by atoms with Crippen LogP contribution >= 0.6 is 0 Å². The molecule has 3 rings (SSSR count). The number of nitrogens with zero attached hydrogens (tertiary/aromatic N) is 1. The number of nitrogens with two attached hydrogens (primary N) is 1. The molecule has 198 valence electrons. The molecular formula is C24H31N7O6. The van der Waals surface area contributed by atoms with E-state index in [1.165, 1.54) is 26.4 Å². The molecule has 0 bridgehead atoms. The molecule has 0 saturated heterocycles. The number of carboxylic acids is 1. The highest BCUT2D eigenvalue weighted by Gasteiger charge is 2.31. The molecule has 13 heteroatoms. The number of nitrogens with one attached hydrogen (secondary N) is 5. The Morgan fingerprint density at radius 2 is 1.73 bits per heavy atom. The van der Waals surface area contributed by atoms with Crippen LogP contribution in [0.4, 0.5) is 0 Å². The minimum absolute atomic E-state index is 0.0216. The van der Waals surface area contributed by atoms with Crippen molar-refractivity contribution in [3.05, 3.63) is 54.2 Å². The van der Waals surface area contributed by atoms with Crippen LogP contribution in [0.5, 0.6) is 0 Å². The van der Waals surface area contributed by atoms with E-state index in [-0.39, 0.29) is 12.8 Å². The molecule has 1 aromatic carbocycles. The summed E-state index contributed by atoms with van der Waals surface area (Å²) < 4.78 is 0. The minimum Gasteiger partial charge on any atom is -0.480 e. The third kappa shape index (κ3) is 7.15. The molecular weight excluding hydrogens is 482 g/mol. The molecule has 5 unspecified atom stereocenters. The van der Waals surface area contributed by atoms with E-state index >= 15 is 0 Å². The van der Waals surface area contributed by atoms with Gasteiger partial charge in [0.1, 0.15) is 12.1 Å². The van der Waals surface area contributed by atoms with Crippen LogP contribution < -0.4 is 21.7 Å². The van der Waals surface area contributed by atoms with Gasteiger partial charge in [0.25, 0.3) is 0 Å². The number of carbonyl (C=O) groups excluding carboxylic acids is 3. The molecule has 0 aliphatic rings. The van der Waals surface area contributed by atoms with Gasteiger partial charge >= 0.3 is 5.97 Å². The predicted molar refractivity (Wildman–Crippen MR) is 133 cm³/mol. The smallest absolute Gasteiger partial charge is 0.328 e. The SMILES string of the molecule is CC(NC(=O)C(N)Cc1cnc[nH]1)C(=O)NC(Cc1c[nH]c2ccccc12)C(=O)NC(C(=O)O)C(C)O. The second kappa shape index (κ2) is 12.1. The van der Waals surface area contributed by atoms with Gasteiger partial charge in [-0.3, -0.25) is 14.4 Å². The Morgan fingerprint density at radius 1 is 1.00 bits per heavy atom. The lowest BCUT2D eigenvalue weighted by Crippen LogP contribution is -2.58. The molecule has 37 heavy (non-hydrogen) atoms. The van der Waals surface area contributed by atoms with Gasteiger partial charge in [0, 0.05) is 41.8 Å². The molecule has 0 radical (unpaired) electrons. The molecule has 2 heterocycles. The van der Waals surface area contributed by atoms with Crippen LogP contribution in [0.3, 0.4) is 0 Å². The number of hydrogen-bond acceptors (Lipinski definition) is 7. The molecule has 13 nitrogen and oxygen atoms in total. The first-order chi connectivity index (χ1) is 17.6. The Hall–Kier alpha value is -4.23. The number of aromatic nitrogens is 3. The van der Waals surface area contributed by atoms with Crippen molar-refractivity contribution in [2.24, 2.45) is 5.73 Å². The van der Waals surface area contributed by atoms with Gasteiger partial charge in [0.15, 0.2) is 6.04 Å². The minimum atomic E-state index is -1.58. The van der Waals surface area contributed by atoms with Crippen molar-refractivity contribution in [3.63, 3.8) is 0 Å². The van der Waals surface area contributed by atoms with Crippen molar-refractivity contribution in [1.29, 1.82) is 0 Å². The first kappa shape index (κ1) is 27.4. The fourth-order valence-corrected chi connectivity index (χ4v) is 3.78. The Bertz CT molecular complexity index is 1240. The zero-order valence-corrected chi connectivity index (χ0v) is 20.4. The molecule has 0 aliphatic heterocycles. The number of aromatic amines is 2. The van der Waals surface area contributed by atoms with Gasteiger partial charge in [0.05, 0.1) is 18.5 Å². The fraction of sp³-hybridized carbons (Fsp3) is 0.375. The van der Waals surface area contributed by atoms with Crippen molar-refractivity contribution >= 4 is 34.6 Å². The maximum absolute atomic E-state index is 13.1. The standard InChI is InChI=1S/C24H31N7O6/c1-12(29-22(34)17(25)8-15-10-26-11-28-15)21(33)30-19(23(35)31-20(13(2)32)24(36)37)7-14-9-27-18-6-4-3-5-16(14)18/h3-6,9-13,17,19-20,27,32H,7-8,25H2,1-2H3,(H,26,28)(H,29,34)(H,30,33)(H,31,35)(H,36,37). The highest BCUT2D eigenvalue weighted by atomic mass is 16.4. The molecule has 0 aliphatic carbocycles. The normalized spacial score (nSPS) is 15.2. The molecule has 3 aromatic rings. The van der Waals surface area contributed by atoms with Crippen LogP contribution in [-0.4, -0.2) is 79.1 Å². The number of fused-ring (bicyclic) bond motifs is 1. The number of amides is 3. The third-order valence-corrected chi connectivity index (χ3v) is 5.86. The van der Waals surface area contributed by atoms with E-state index < -0.39 is 54.0 Å². The topological polar surface area (TPSA) is 215 Å². The number of aliphatic hydroxyl groups is 1. The van der Waals surface area contributed by atoms with Gasteiger partial charge in [-0.15, -0.1) is 0 Å². The highest BCUT2D eigenvalue weighted by molar-refractivity contribution is 5.94. The molecule has 0 fully saturated rings. The van der Waals surface area contributed by atoms with Crippen LogP contribution in [0.25, 0.3) is 10.9 Å². The molecule has 5 atom stereocenters. The Labute approximate surface area is 212 Å². The summed E-state index contributed by atoms with van der Waals surface area (Å²) in [6, 6.07) is 2.59. The van der Waals surface area contributed by atoms with Crippen LogP contribution in [0.1, 0.15) is 25.1 Å². The molecule has 3 amide bonds. The summed E-state index contributed by atoms with van der Waals surface area (Å²) in [5.74, 6) is -3.48. The number of H-pyrrole nitrogens is 2. The largest absolute Gasteiger partial charge is 0.480 e. The monoisotopic (exact) mass is 513 g/mol. The van der Waals surface area contributed by atoms with Crippen molar-refractivity contribution in [2.75, 3.05) is 0 Å². The summed E-state index contributed by atoms with van der Waals surface area (Å²) in [5, 5.41) is 27.3. The highest BCUT2D eigenvalue weighted by Crippen LogP contribution is 2.19. The van der Waals surface area contributed by atoms with Crippen LogP contribution in [0.2, 0.25) is 0 Å². The zero-order chi connectivity index (χ0) is 27.1. The zero-order valence-electron chi connectivity index (χ0n) is 20.4. The van der Waals surface area contributed by atoms with E-state index in [0.717, 1.165) is 10.9 Å². The fourth-order valence-electron chi connectivity index (χ4n) is 3.78. The maximum Gasteiger partial charge on any atom is 0.328 e. The number of carbonyl (C=O) groups is 4. The first-order valence-corrected chi connectivity index (χ1v) is 11.7. The van der Waals surface area contributed by atoms with Crippen LogP contribution in [0, 0.1) is 0 Å². The van der Waals surface area contributed by atoms with Gasteiger partial charge in [0.2, 0.25) is 17.7 Å². The number of carboxylic acid groups (broad SMARTS) is 1. The van der Waals surface area contributed by atoms with Gasteiger partial charge in [-0.05, 0) is 25.5 Å². The lowest BCUT2D eigenvalue weighted by Gasteiger charge is -2.24. The Kier molecular flexibility index (Phi) is 8.98. The number of rotatable bonds is 12. The average molecular weight is 514 g/mol. The van der Waals surface area contributed by atoms with Gasteiger partial charge in [-0.25, -0.2) is 9.78 Å². The lowest BCUT2D eigenvalue weighted by molar-refractivity contribution is -0.145. The van der Waals surface area contributed by atoms with E-state index in [0.29, 0.717) is 11.3 Å². The van der Waals surface area contributed by atoms with Gasteiger partial charge in [-0.2, -0.15) is 0 Å². The Morgan fingerprint density at radius 3 is 2.38 bits per heavy atom. The first-order valence-electron chi connectivity index (χ1n) is 11.7. The quantitative estimate of drug-likeness (QED) is 0.149. The number of para-hydroxylation sites is 1. The van der Waals surface area contributed by atoms with Crippen molar-refractivity contribution in [1.82, 2.24) is 30.9 Å². The summed E-state index contributed by atoms with van der Waals surface area (Å²) in [7, 11) is 0. The summed E-state index contributed by atoms with van der Waals surface area (Å²) >= 11 is 0. The van der Waals surface area contributed by atoms with Crippen molar-refractivity contribution in [2.45, 2.75) is 57.0 Å². The molecule has 0 spiro atoms. The summed E-state index contributed by atoms with van der Waals surface area (Å²) in [5.41, 5.74) is 8.10. The summed E-state index contributed by atoms with van der Waals surface area (Å²) in [4.78, 5) is 59.8. The van der Waals surface area contributed by atoms with Crippen LogP contribution in [-0.2, 0) is 32.0 Å². The van der Waals surface area contributed by atoms with E-state index in [1.807, 2.05) is 24.3 Å². The number of hydrogen-bond donors (Lipinski definition) is 8. The number of aliphatic hydroxyl groups excluding tert-OH is 1. The molecule has 9 N–H and O–H groups in total. The van der Waals surface area contributed by atoms with Gasteiger partial charge < -0.3 is 41.9 Å². The lowest BCUT2D eigenvalue weighted by atomic mass is 10.0. The predicted octanol–water partition coefficient (Wildman–Crippen LogP) is -1.06. The summed E-state index contributed by atoms with van der Waals surface area (Å²) in [6.07, 6.45) is 3.52. The maximum atomic E-state index is 13.1. The average Bonchev–Trinajstić information content (AvgIpc) is 3.51. The summed E-state index contributed by atoms with van der Waals surface area (Å²) in [6.45, 7) is 2.67. The van der Waals surface area contributed by atoms with E-state index in [9.17, 15) is 29.4 Å². The number of benzene rings is 1. The molecule has 2 aromatic heterocycles. The van der Waals surface area contributed by atoms with Gasteiger partial charge in [-0.1, -0.05) is 18.2 Å². The second-order valence-electron chi connectivity index (χ2n) is 8.81. The van der Waals surface area contributed by atoms with E-state index in [1.54, 1.807) is 6.20 Å². The van der Waals surface area contributed by atoms with Crippen molar-refractivity contribution in [3.8, 4) is 0 Å². The van der Waals surface area contributed by atoms with Crippen molar-refractivity contribution < 1.29 is 29.4 Å². The van der Waals surface area contributed by atoms with E-state index in [4.69, 9.17) is 5.73 Å². The van der Waals surface area contributed by atoms with Crippen LogP contribution in [0.15, 0.2) is 43.0 Å². The third-order valence-electron chi connectivity index (χ3n) is 5.86. The van der Waals surface area contributed by atoms with E-state index in [2.05, 4.69) is 30.9 Å². The Balaban J connectivity index is 1.73. The number of imidazole rings is 1. The second-order valence-corrected chi connectivity index (χ2v) is 8.81. The number of aliphatic carboxylic acids is 1.